The van der Waals surface area contributed by atoms with E-state index >= 15 is 0 Å². The van der Waals surface area contributed by atoms with Crippen molar-refractivity contribution in [3.8, 4) is 0 Å². The SMILES string of the molecule is C=CCNc1nc(C(=O)OCC(=O)N[C@@H](C)c2ccccc2Cl)cs1. The highest BCUT2D eigenvalue weighted by Crippen LogP contribution is 2.22. The molecule has 8 heteroatoms. The second-order valence-corrected chi connectivity index (χ2v) is 6.36. The van der Waals surface area contributed by atoms with E-state index in [9.17, 15) is 9.59 Å². The summed E-state index contributed by atoms with van der Waals surface area (Å²) in [6.07, 6.45) is 1.68. The van der Waals surface area contributed by atoms with Gasteiger partial charge in [-0.3, -0.25) is 4.79 Å². The van der Waals surface area contributed by atoms with Crippen molar-refractivity contribution in [2.75, 3.05) is 18.5 Å². The number of halogens is 1. The molecule has 0 aliphatic heterocycles. The van der Waals surface area contributed by atoms with E-state index in [4.69, 9.17) is 16.3 Å². The van der Waals surface area contributed by atoms with E-state index in [2.05, 4.69) is 22.2 Å². The lowest BCUT2D eigenvalue weighted by Crippen LogP contribution is -2.31. The molecule has 0 bridgehead atoms. The van der Waals surface area contributed by atoms with Crippen molar-refractivity contribution in [3.05, 3.63) is 58.6 Å². The molecule has 6 nitrogen and oxygen atoms in total. The van der Waals surface area contributed by atoms with Crippen LogP contribution in [0.15, 0.2) is 42.3 Å². The number of rotatable bonds is 8. The van der Waals surface area contributed by atoms with Crippen LogP contribution in [0.2, 0.25) is 5.02 Å². The van der Waals surface area contributed by atoms with Gasteiger partial charge in [0.2, 0.25) is 0 Å². The van der Waals surface area contributed by atoms with Crippen LogP contribution in [0, 0.1) is 0 Å². The molecule has 0 spiro atoms. The van der Waals surface area contributed by atoms with Gasteiger partial charge in [0.05, 0.1) is 6.04 Å². The van der Waals surface area contributed by atoms with Gasteiger partial charge in [-0.15, -0.1) is 17.9 Å². The number of carbonyl (C=O) groups is 2. The van der Waals surface area contributed by atoms with Crippen molar-refractivity contribution in [1.82, 2.24) is 10.3 Å². The Balaban J connectivity index is 1.83. The average molecular weight is 380 g/mol. The van der Waals surface area contributed by atoms with E-state index in [-0.39, 0.29) is 18.3 Å². The van der Waals surface area contributed by atoms with Crippen molar-refractivity contribution < 1.29 is 14.3 Å². The van der Waals surface area contributed by atoms with Crippen molar-refractivity contribution >= 4 is 39.9 Å². The molecule has 0 saturated heterocycles. The van der Waals surface area contributed by atoms with E-state index in [1.807, 2.05) is 18.2 Å². The highest BCUT2D eigenvalue weighted by atomic mass is 35.5. The van der Waals surface area contributed by atoms with E-state index in [0.717, 1.165) is 5.56 Å². The van der Waals surface area contributed by atoms with Crippen LogP contribution in [0.5, 0.6) is 0 Å². The van der Waals surface area contributed by atoms with Crippen LogP contribution in [0.25, 0.3) is 0 Å². The molecule has 0 aliphatic carbocycles. The summed E-state index contributed by atoms with van der Waals surface area (Å²) in [7, 11) is 0. The van der Waals surface area contributed by atoms with Gasteiger partial charge < -0.3 is 15.4 Å². The molecule has 0 fully saturated rings. The second-order valence-electron chi connectivity index (χ2n) is 5.09. The number of benzene rings is 1. The number of anilines is 1. The average Bonchev–Trinajstić information content (AvgIpc) is 3.07. The smallest absolute Gasteiger partial charge is 0.358 e. The lowest BCUT2D eigenvalue weighted by atomic mass is 10.1. The summed E-state index contributed by atoms with van der Waals surface area (Å²) in [5, 5.41) is 8.43. The van der Waals surface area contributed by atoms with Gasteiger partial charge in [0.1, 0.15) is 0 Å². The molecule has 2 aromatic rings. The molecule has 1 heterocycles. The number of amides is 1. The van der Waals surface area contributed by atoms with Crippen LogP contribution < -0.4 is 10.6 Å². The molecular formula is C17H18ClN3O3S. The molecule has 2 N–H and O–H groups in total. The van der Waals surface area contributed by atoms with Gasteiger partial charge >= 0.3 is 5.97 Å². The Morgan fingerprint density at radius 3 is 2.92 bits per heavy atom. The summed E-state index contributed by atoms with van der Waals surface area (Å²) in [4.78, 5) is 27.9. The molecular weight excluding hydrogens is 362 g/mol. The van der Waals surface area contributed by atoms with Gasteiger partial charge in [-0.1, -0.05) is 35.9 Å². The molecule has 1 amide bonds. The molecule has 0 unspecified atom stereocenters. The fourth-order valence-corrected chi connectivity index (χ4v) is 2.99. The van der Waals surface area contributed by atoms with E-state index in [0.29, 0.717) is 16.7 Å². The summed E-state index contributed by atoms with van der Waals surface area (Å²) in [5.41, 5.74) is 0.949. The zero-order valence-electron chi connectivity index (χ0n) is 13.6. The van der Waals surface area contributed by atoms with Gasteiger partial charge in [0, 0.05) is 16.9 Å². The summed E-state index contributed by atoms with van der Waals surface area (Å²) < 4.78 is 4.99. The minimum atomic E-state index is -0.650. The Bertz CT molecular complexity index is 763. The van der Waals surface area contributed by atoms with Gasteiger partial charge in [-0.2, -0.15) is 0 Å². The maximum absolute atomic E-state index is 11.9. The minimum Gasteiger partial charge on any atom is -0.451 e. The predicted molar refractivity (Wildman–Crippen MR) is 99.1 cm³/mol. The lowest BCUT2D eigenvalue weighted by molar-refractivity contribution is -0.124. The van der Waals surface area contributed by atoms with Crippen LogP contribution in [-0.2, 0) is 9.53 Å². The molecule has 0 aliphatic rings. The first-order chi connectivity index (χ1) is 12.0. The van der Waals surface area contributed by atoms with Gasteiger partial charge in [-0.05, 0) is 18.6 Å². The van der Waals surface area contributed by atoms with Crippen molar-refractivity contribution in [1.29, 1.82) is 0 Å². The van der Waals surface area contributed by atoms with Crippen molar-refractivity contribution in [3.63, 3.8) is 0 Å². The number of hydrogen-bond donors (Lipinski definition) is 2. The van der Waals surface area contributed by atoms with E-state index in [1.165, 1.54) is 11.3 Å². The minimum absolute atomic E-state index is 0.156. The van der Waals surface area contributed by atoms with Crippen LogP contribution in [0.4, 0.5) is 5.13 Å². The first-order valence-corrected chi connectivity index (χ1v) is 8.78. The Morgan fingerprint density at radius 1 is 1.44 bits per heavy atom. The first kappa shape index (κ1) is 19.0. The Hall–Kier alpha value is -2.38. The molecule has 1 aromatic heterocycles. The third-order valence-corrected chi connectivity index (χ3v) is 4.34. The van der Waals surface area contributed by atoms with Crippen molar-refractivity contribution in [2.45, 2.75) is 13.0 Å². The fraction of sp³-hybridized carbons (Fsp3) is 0.235. The Labute approximate surface area is 154 Å². The molecule has 0 radical (unpaired) electrons. The lowest BCUT2D eigenvalue weighted by Gasteiger charge is -2.15. The van der Waals surface area contributed by atoms with Gasteiger partial charge in [-0.25, -0.2) is 9.78 Å². The zero-order chi connectivity index (χ0) is 18.2. The van der Waals surface area contributed by atoms with E-state index < -0.39 is 11.9 Å². The number of hydrogen-bond acceptors (Lipinski definition) is 6. The number of aromatic nitrogens is 1. The molecule has 2 rings (SSSR count). The predicted octanol–water partition coefficient (Wildman–Crippen LogP) is 3.43. The largest absolute Gasteiger partial charge is 0.451 e. The van der Waals surface area contributed by atoms with Crippen molar-refractivity contribution in [2.24, 2.45) is 0 Å². The van der Waals surface area contributed by atoms with Crippen LogP contribution in [0.1, 0.15) is 29.0 Å². The number of ether oxygens (including phenoxy) is 1. The topological polar surface area (TPSA) is 80.3 Å². The normalized spacial score (nSPS) is 11.4. The summed E-state index contributed by atoms with van der Waals surface area (Å²) in [5.74, 6) is -1.07. The number of carbonyl (C=O) groups excluding carboxylic acids is 2. The maximum atomic E-state index is 11.9. The van der Waals surface area contributed by atoms with Crippen LogP contribution >= 0.6 is 22.9 Å². The Kier molecular flexibility index (Phi) is 6.97. The van der Waals surface area contributed by atoms with Crippen LogP contribution in [-0.4, -0.2) is 30.0 Å². The monoisotopic (exact) mass is 379 g/mol. The van der Waals surface area contributed by atoms with Crippen LogP contribution in [0.3, 0.4) is 0 Å². The number of nitrogens with one attached hydrogen (secondary N) is 2. The molecule has 0 saturated carbocycles. The molecule has 1 atom stereocenters. The second kappa shape index (κ2) is 9.19. The summed E-state index contributed by atoms with van der Waals surface area (Å²) in [6.45, 7) is 5.55. The highest BCUT2D eigenvalue weighted by molar-refractivity contribution is 7.13. The van der Waals surface area contributed by atoms with E-state index in [1.54, 1.807) is 24.4 Å². The first-order valence-electron chi connectivity index (χ1n) is 7.52. The third kappa shape index (κ3) is 5.58. The number of nitrogens with zero attached hydrogens (tertiary/aromatic N) is 1. The zero-order valence-corrected chi connectivity index (χ0v) is 15.2. The Morgan fingerprint density at radius 2 is 2.20 bits per heavy atom. The molecule has 132 valence electrons. The molecule has 25 heavy (non-hydrogen) atoms. The van der Waals surface area contributed by atoms with Gasteiger partial charge in [0.15, 0.2) is 17.4 Å². The molecule has 1 aromatic carbocycles. The standard InChI is InChI=1S/C17H18ClN3O3S/c1-3-8-19-17-21-14(10-25-17)16(23)24-9-15(22)20-11(2)12-6-4-5-7-13(12)18/h3-7,10-11H,1,8-9H2,2H3,(H,19,21)(H,20,22)/t11-/m0/s1. The number of esters is 1. The summed E-state index contributed by atoms with van der Waals surface area (Å²) >= 11 is 7.37. The maximum Gasteiger partial charge on any atom is 0.358 e. The van der Waals surface area contributed by atoms with Gasteiger partial charge in [0.25, 0.3) is 5.91 Å². The number of thiazole rings is 1. The quantitative estimate of drug-likeness (QED) is 0.542. The summed E-state index contributed by atoms with van der Waals surface area (Å²) in [6, 6.07) is 6.93. The third-order valence-electron chi connectivity index (χ3n) is 3.19. The highest BCUT2D eigenvalue weighted by Gasteiger charge is 2.16. The fourth-order valence-electron chi connectivity index (χ4n) is 2.00.